The van der Waals surface area contributed by atoms with E-state index in [1.165, 1.54) is 23.6 Å². The summed E-state index contributed by atoms with van der Waals surface area (Å²) in [5, 5.41) is 4.18. The minimum atomic E-state index is -0.356. The Balaban J connectivity index is 1.88. The van der Waals surface area contributed by atoms with Gasteiger partial charge < -0.3 is 10.1 Å². The van der Waals surface area contributed by atoms with Gasteiger partial charge in [0.1, 0.15) is 0 Å². The van der Waals surface area contributed by atoms with E-state index in [1.54, 1.807) is 12.1 Å². The largest absolute Gasteiger partial charge is 0.494 e. The molecule has 1 N–H and O–H groups in total. The molecule has 1 aliphatic heterocycles. The highest BCUT2D eigenvalue weighted by Crippen LogP contribution is 2.39. The molecule has 1 unspecified atom stereocenters. The van der Waals surface area contributed by atoms with Crippen LogP contribution in [0.2, 0.25) is 5.02 Å². The molecule has 0 saturated heterocycles. The van der Waals surface area contributed by atoms with Crippen molar-refractivity contribution in [2.75, 3.05) is 18.2 Å². The number of ether oxygens (including phenoxy) is 1. The summed E-state index contributed by atoms with van der Waals surface area (Å²) in [7, 11) is 1.47. The number of hydrogen-bond acceptors (Lipinski definition) is 3. The first-order valence-electron chi connectivity index (χ1n) is 6.69. The fourth-order valence-electron chi connectivity index (χ4n) is 2.47. The summed E-state index contributed by atoms with van der Waals surface area (Å²) >= 11 is 7.95. The lowest BCUT2D eigenvalue weighted by Crippen LogP contribution is -2.16. The van der Waals surface area contributed by atoms with E-state index in [0.717, 1.165) is 22.9 Å². The van der Waals surface area contributed by atoms with Gasteiger partial charge in [-0.3, -0.25) is 0 Å². The molecular weight excluding hydrogens is 309 g/mol. The van der Waals surface area contributed by atoms with E-state index < -0.39 is 0 Å². The van der Waals surface area contributed by atoms with Crippen LogP contribution in [0, 0.1) is 5.82 Å². The fraction of sp³-hybridized carbons (Fsp3) is 0.250. The third-order valence-corrected chi connectivity index (χ3v) is 4.86. The summed E-state index contributed by atoms with van der Waals surface area (Å²) in [6, 6.07) is 11.0. The lowest BCUT2D eigenvalue weighted by molar-refractivity contribution is 0.386. The van der Waals surface area contributed by atoms with Crippen LogP contribution in [0.15, 0.2) is 41.3 Å². The quantitative estimate of drug-likeness (QED) is 0.845. The molecule has 1 atom stereocenters. The van der Waals surface area contributed by atoms with Crippen LogP contribution in [-0.4, -0.2) is 12.9 Å². The fourth-order valence-corrected chi connectivity index (χ4v) is 3.75. The van der Waals surface area contributed by atoms with Crippen LogP contribution in [0.1, 0.15) is 18.0 Å². The van der Waals surface area contributed by atoms with Crippen LogP contribution in [-0.2, 0) is 0 Å². The number of halogens is 2. The van der Waals surface area contributed by atoms with Gasteiger partial charge in [-0.2, -0.15) is 0 Å². The zero-order valence-corrected chi connectivity index (χ0v) is 13.1. The highest BCUT2D eigenvalue weighted by atomic mass is 35.5. The van der Waals surface area contributed by atoms with Gasteiger partial charge in [0, 0.05) is 27.4 Å². The molecule has 0 radical (unpaired) electrons. The number of methoxy groups -OCH3 is 1. The first-order valence-corrected chi connectivity index (χ1v) is 8.06. The van der Waals surface area contributed by atoms with Gasteiger partial charge in [0.2, 0.25) is 0 Å². The maximum absolute atomic E-state index is 13.5. The number of hydrogen-bond donors (Lipinski definition) is 1. The second-order valence-electron chi connectivity index (χ2n) is 4.87. The van der Waals surface area contributed by atoms with Crippen molar-refractivity contribution in [1.82, 2.24) is 0 Å². The Hall–Kier alpha value is -1.39. The molecule has 0 aromatic heterocycles. The summed E-state index contributed by atoms with van der Waals surface area (Å²) in [5.41, 5.74) is 2.04. The van der Waals surface area contributed by atoms with Gasteiger partial charge in [0.15, 0.2) is 11.6 Å². The van der Waals surface area contributed by atoms with E-state index in [-0.39, 0.29) is 17.6 Å². The second-order valence-corrected chi connectivity index (χ2v) is 6.44. The average molecular weight is 324 g/mol. The van der Waals surface area contributed by atoms with E-state index in [0.29, 0.717) is 0 Å². The summed E-state index contributed by atoms with van der Waals surface area (Å²) in [5.74, 6) is 0.937. The molecule has 2 aromatic carbocycles. The van der Waals surface area contributed by atoms with Crippen LogP contribution < -0.4 is 10.1 Å². The number of nitrogens with one attached hydrogen (secondary N) is 1. The predicted molar refractivity (Wildman–Crippen MR) is 86.1 cm³/mol. The molecule has 21 heavy (non-hydrogen) atoms. The Morgan fingerprint density at radius 2 is 2.14 bits per heavy atom. The molecule has 0 aliphatic carbocycles. The normalized spacial score (nSPS) is 17.2. The van der Waals surface area contributed by atoms with E-state index in [9.17, 15) is 4.39 Å². The maximum atomic E-state index is 13.5. The highest BCUT2D eigenvalue weighted by molar-refractivity contribution is 7.99. The van der Waals surface area contributed by atoms with E-state index in [1.807, 2.05) is 23.9 Å². The van der Waals surface area contributed by atoms with Gasteiger partial charge in [-0.25, -0.2) is 4.39 Å². The van der Waals surface area contributed by atoms with Crippen LogP contribution >= 0.6 is 23.4 Å². The second kappa shape index (κ2) is 6.16. The number of thioether (sulfide) groups is 1. The minimum absolute atomic E-state index is 0.176. The third-order valence-electron chi connectivity index (χ3n) is 3.50. The standard InChI is InChI=1S/C16H15ClFNOS/c1-20-15-9-11(3-4-13(15)18)19-14-6-7-21-16-5-2-10(17)8-12(14)16/h2-5,8-9,14,19H,6-7H2,1H3. The van der Waals surface area contributed by atoms with Crippen molar-refractivity contribution in [3.05, 3.63) is 52.8 Å². The lowest BCUT2D eigenvalue weighted by Gasteiger charge is -2.27. The molecule has 0 fully saturated rings. The average Bonchev–Trinajstić information content (AvgIpc) is 2.50. The SMILES string of the molecule is COc1cc(NC2CCSc3ccc(Cl)cc32)ccc1F. The van der Waals surface area contributed by atoms with Crippen molar-refractivity contribution >= 4 is 29.1 Å². The van der Waals surface area contributed by atoms with E-state index in [2.05, 4.69) is 11.4 Å². The maximum Gasteiger partial charge on any atom is 0.165 e. The minimum Gasteiger partial charge on any atom is -0.494 e. The Morgan fingerprint density at radius 1 is 1.29 bits per heavy atom. The van der Waals surface area contributed by atoms with Crippen molar-refractivity contribution in [3.8, 4) is 5.75 Å². The van der Waals surface area contributed by atoms with Gasteiger partial charge in [0.05, 0.1) is 13.2 Å². The first kappa shape index (κ1) is 14.5. The molecular formula is C16H15ClFNOS. The van der Waals surface area contributed by atoms with Crippen LogP contribution in [0.3, 0.4) is 0 Å². The van der Waals surface area contributed by atoms with E-state index in [4.69, 9.17) is 16.3 Å². The Labute approximate surface area is 132 Å². The molecule has 0 saturated carbocycles. The van der Waals surface area contributed by atoms with Gasteiger partial charge in [-0.1, -0.05) is 11.6 Å². The molecule has 1 heterocycles. The number of rotatable bonds is 3. The molecule has 1 aliphatic rings. The molecule has 110 valence electrons. The molecule has 0 bridgehead atoms. The predicted octanol–water partition coefficient (Wildman–Crippen LogP) is 5.14. The molecule has 0 spiro atoms. The first-order chi connectivity index (χ1) is 10.2. The van der Waals surface area contributed by atoms with Crippen molar-refractivity contribution in [3.63, 3.8) is 0 Å². The smallest absolute Gasteiger partial charge is 0.165 e. The number of anilines is 1. The summed E-state index contributed by atoms with van der Waals surface area (Å²) in [4.78, 5) is 1.25. The van der Waals surface area contributed by atoms with Crippen molar-refractivity contribution in [1.29, 1.82) is 0 Å². The van der Waals surface area contributed by atoms with E-state index >= 15 is 0 Å². The molecule has 3 rings (SSSR count). The van der Waals surface area contributed by atoms with Gasteiger partial charge in [0.25, 0.3) is 0 Å². The molecule has 2 nitrogen and oxygen atoms in total. The highest BCUT2D eigenvalue weighted by Gasteiger charge is 2.21. The van der Waals surface area contributed by atoms with Crippen molar-refractivity contribution in [2.24, 2.45) is 0 Å². The monoisotopic (exact) mass is 323 g/mol. The van der Waals surface area contributed by atoms with Crippen LogP contribution in [0.5, 0.6) is 5.75 Å². The summed E-state index contributed by atoms with van der Waals surface area (Å²) < 4.78 is 18.5. The van der Waals surface area contributed by atoms with Crippen molar-refractivity contribution < 1.29 is 9.13 Å². The topological polar surface area (TPSA) is 21.3 Å². The van der Waals surface area contributed by atoms with Crippen LogP contribution in [0.25, 0.3) is 0 Å². The van der Waals surface area contributed by atoms with Gasteiger partial charge in [-0.15, -0.1) is 11.8 Å². The number of benzene rings is 2. The van der Waals surface area contributed by atoms with Gasteiger partial charge in [-0.05, 0) is 42.3 Å². The Kier molecular flexibility index (Phi) is 4.27. The van der Waals surface area contributed by atoms with Crippen molar-refractivity contribution in [2.45, 2.75) is 17.4 Å². The van der Waals surface area contributed by atoms with Crippen LogP contribution in [0.4, 0.5) is 10.1 Å². The summed E-state index contributed by atoms with van der Waals surface area (Å²) in [6.45, 7) is 0. The molecule has 5 heteroatoms. The third kappa shape index (κ3) is 3.11. The Morgan fingerprint density at radius 3 is 2.95 bits per heavy atom. The Bertz CT molecular complexity index is 665. The molecule has 0 amide bonds. The molecule has 2 aromatic rings. The summed E-state index contributed by atoms with van der Waals surface area (Å²) in [6.07, 6.45) is 0.998. The number of fused-ring (bicyclic) bond motifs is 1. The lowest BCUT2D eigenvalue weighted by atomic mass is 10.0. The van der Waals surface area contributed by atoms with Gasteiger partial charge >= 0.3 is 0 Å². The zero-order chi connectivity index (χ0) is 14.8. The zero-order valence-electron chi connectivity index (χ0n) is 11.5.